The lowest BCUT2D eigenvalue weighted by atomic mass is 10.1. The number of ether oxygens (including phenoxy) is 1. The second kappa shape index (κ2) is 7.19. The molecule has 0 aliphatic rings. The number of aryl methyl sites for hydroxylation is 1. The molecule has 3 N–H and O–H groups in total. The summed E-state index contributed by atoms with van der Waals surface area (Å²) in [5.41, 5.74) is 7.34. The number of hydrogen-bond donors (Lipinski definition) is 2. The molecule has 0 radical (unpaired) electrons. The van der Waals surface area contributed by atoms with Crippen LogP contribution in [-0.4, -0.2) is 30.5 Å². The molecular weight excluding hydrogens is 236 g/mol. The average Bonchev–Trinajstić information content (AvgIpc) is 2.34. The number of oxime groups is 1. The van der Waals surface area contributed by atoms with Crippen molar-refractivity contribution in [3.05, 3.63) is 29.3 Å². The molecule has 0 saturated carbocycles. The Morgan fingerprint density at radius 1 is 1.53 bits per heavy atom. The predicted octanol–water partition coefficient (Wildman–Crippen LogP) is 2.22. The largest absolute Gasteiger partial charge is 0.409 e. The van der Waals surface area contributed by atoms with Crippen LogP contribution in [0.5, 0.6) is 0 Å². The van der Waals surface area contributed by atoms with Crippen LogP contribution in [-0.2, 0) is 4.74 Å². The second-order valence-corrected chi connectivity index (χ2v) is 4.83. The Bertz CT molecular complexity index is 394. The smallest absolute Gasteiger partial charge is 0.170 e. The highest BCUT2D eigenvalue weighted by Crippen LogP contribution is 2.21. The highest BCUT2D eigenvalue weighted by Gasteiger charge is 2.04. The zero-order valence-corrected chi connectivity index (χ0v) is 11.0. The van der Waals surface area contributed by atoms with Gasteiger partial charge in [0, 0.05) is 29.9 Å². The van der Waals surface area contributed by atoms with Crippen LogP contribution in [0, 0.1) is 6.92 Å². The third kappa shape index (κ3) is 4.28. The van der Waals surface area contributed by atoms with Crippen LogP contribution in [0.2, 0.25) is 0 Å². The Hall–Kier alpha value is -1.20. The first-order valence-electron chi connectivity index (χ1n) is 5.39. The van der Waals surface area contributed by atoms with Gasteiger partial charge in [0.25, 0.3) is 0 Å². The highest BCUT2D eigenvalue weighted by molar-refractivity contribution is 7.99. The molecule has 0 saturated heterocycles. The van der Waals surface area contributed by atoms with Crippen molar-refractivity contribution >= 4 is 17.6 Å². The van der Waals surface area contributed by atoms with Gasteiger partial charge in [0.15, 0.2) is 5.84 Å². The number of hydrogen-bond acceptors (Lipinski definition) is 4. The fourth-order valence-electron chi connectivity index (χ4n) is 1.46. The summed E-state index contributed by atoms with van der Waals surface area (Å²) < 4.78 is 5.00. The van der Waals surface area contributed by atoms with Crippen LogP contribution in [0.15, 0.2) is 28.3 Å². The van der Waals surface area contributed by atoms with Crippen LogP contribution in [0.25, 0.3) is 0 Å². The monoisotopic (exact) mass is 254 g/mol. The van der Waals surface area contributed by atoms with Crippen molar-refractivity contribution < 1.29 is 9.94 Å². The van der Waals surface area contributed by atoms with E-state index in [9.17, 15) is 0 Å². The van der Waals surface area contributed by atoms with Gasteiger partial charge in [-0.1, -0.05) is 5.16 Å². The Morgan fingerprint density at radius 3 is 2.88 bits per heavy atom. The Balaban J connectivity index is 2.63. The van der Waals surface area contributed by atoms with Gasteiger partial charge in [-0.15, -0.1) is 11.8 Å². The highest BCUT2D eigenvalue weighted by atomic mass is 32.2. The number of amidine groups is 1. The Labute approximate surface area is 106 Å². The molecule has 1 aromatic rings. The quantitative estimate of drug-likeness (QED) is 0.204. The van der Waals surface area contributed by atoms with E-state index in [-0.39, 0.29) is 5.84 Å². The molecule has 0 unspecified atom stereocenters. The molecule has 17 heavy (non-hydrogen) atoms. The van der Waals surface area contributed by atoms with E-state index in [0.717, 1.165) is 29.9 Å². The minimum atomic E-state index is 0.151. The van der Waals surface area contributed by atoms with Crippen LogP contribution in [0.1, 0.15) is 17.5 Å². The van der Waals surface area contributed by atoms with Crippen molar-refractivity contribution in [3.63, 3.8) is 0 Å². The van der Waals surface area contributed by atoms with E-state index in [2.05, 4.69) is 5.16 Å². The zero-order chi connectivity index (χ0) is 12.7. The van der Waals surface area contributed by atoms with Crippen LogP contribution >= 0.6 is 11.8 Å². The molecule has 0 spiro atoms. The van der Waals surface area contributed by atoms with Crippen molar-refractivity contribution in [1.29, 1.82) is 0 Å². The van der Waals surface area contributed by atoms with Gasteiger partial charge in [0.05, 0.1) is 0 Å². The van der Waals surface area contributed by atoms with Gasteiger partial charge in [-0.3, -0.25) is 0 Å². The lowest BCUT2D eigenvalue weighted by Crippen LogP contribution is -2.14. The molecule has 0 amide bonds. The molecule has 0 aliphatic carbocycles. The first kappa shape index (κ1) is 13.9. The van der Waals surface area contributed by atoms with Crippen molar-refractivity contribution in [2.45, 2.75) is 18.2 Å². The average molecular weight is 254 g/mol. The fourth-order valence-corrected chi connectivity index (χ4v) is 2.38. The van der Waals surface area contributed by atoms with E-state index >= 15 is 0 Å². The van der Waals surface area contributed by atoms with Gasteiger partial charge in [-0.25, -0.2) is 0 Å². The number of methoxy groups -OCH3 is 1. The normalized spacial score (nSPS) is 11.8. The van der Waals surface area contributed by atoms with E-state index in [1.165, 1.54) is 4.90 Å². The number of nitrogens with zero attached hydrogens (tertiary/aromatic N) is 1. The van der Waals surface area contributed by atoms with Crippen LogP contribution in [0.4, 0.5) is 0 Å². The summed E-state index contributed by atoms with van der Waals surface area (Å²) in [5.74, 6) is 1.18. The maximum atomic E-state index is 8.63. The molecular formula is C12H18N2O2S. The zero-order valence-electron chi connectivity index (χ0n) is 10.1. The van der Waals surface area contributed by atoms with Crippen molar-refractivity contribution in [1.82, 2.24) is 0 Å². The maximum absolute atomic E-state index is 8.63. The first-order valence-corrected chi connectivity index (χ1v) is 6.38. The third-order valence-corrected chi connectivity index (χ3v) is 3.42. The molecule has 0 heterocycles. The van der Waals surface area contributed by atoms with Gasteiger partial charge in [-0.2, -0.15) is 0 Å². The lowest BCUT2D eigenvalue weighted by molar-refractivity contribution is 0.200. The summed E-state index contributed by atoms with van der Waals surface area (Å²) in [5, 5.41) is 11.6. The van der Waals surface area contributed by atoms with Gasteiger partial charge in [0.2, 0.25) is 0 Å². The molecule has 0 atom stereocenters. The number of thioether (sulfide) groups is 1. The van der Waals surface area contributed by atoms with Gasteiger partial charge < -0.3 is 15.7 Å². The summed E-state index contributed by atoms with van der Waals surface area (Å²) in [7, 11) is 1.71. The van der Waals surface area contributed by atoms with E-state index in [0.29, 0.717) is 0 Å². The molecule has 0 aromatic heterocycles. The Morgan fingerprint density at radius 2 is 2.29 bits per heavy atom. The van der Waals surface area contributed by atoms with E-state index < -0.39 is 0 Å². The van der Waals surface area contributed by atoms with E-state index in [1.807, 2.05) is 25.1 Å². The SMILES string of the molecule is COCCCSc1ccc(/C(N)=N/O)c(C)c1. The molecule has 1 aromatic carbocycles. The molecule has 5 heteroatoms. The second-order valence-electron chi connectivity index (χ2n) is 3.66. The van der Waals surface area contributed by atoms with Gasteiger partial charge >= 0.3 is 0 Å². The van der Waals surface area contributed by atoms with Gasteiger partial charge in [-0.05, 0) is 37.1 Å². The molecule has 94 valence electrons. The third-order valence-electron chi connectivity index (χ3n) is 2.34. The minimum absolute atomic E-state index is 0.151. The van der Waals surface area contributed by atoms with Crippen molar-refractivity contribution in [3.8, 4) is 0 Å². The molecule has 1 rings (SSSR count). The summed E-state index contributed by atoms with van der Waals surface area (Å²) in [6, 6.07) is 5.91. The number of rotatable bonds is 6. The standard InChI is InChI=1S/C12H18N2O2S/c1-9-8-10(17-7-3-6-16-2)4-5-11(9)12(13)14-15/h4-5,8,15H,3,6-7H2,1-2H3,(H2,13,14). The summed E-state index contributed by atoms with van der Waals surface area (Å²) in [4.78, 5) is 1.19. The molecule has 4 nitrogen and oxygen atoms in total. The number of nitrogens with two attached hydrogens (primary N) is 1. The molecule has 0 fully saturated rings. The van der Waals surface area contributed by atoms with Crippen LogP contribution < -0.4 is 5.73 Å². The van der Waals surface area contributed by atoms with Gasteiger partial charge in [0.1, 0.15) is 0 Å². The maximum Gasteiger partial charge on any atom is 0.170 e. The van der Waals surface area contributed by atoms with Crippen molar-refractivity contribution in [2.75, 3.05) is 19.5 Å². The molecule has 0 bridgehead atoms. The molecule has 0 aliphatic heterocycles. The summed E-state index contributed by atoms with van der Waals surface area (Å²) in [6.07, 6.45) is 1.03. The predicted molar refractivity (Wildman–Crippen MR) is 70.9 cm³/mol. The first-order chi connectivity index (χ1) is 8.19. The minimum Gasteiger partial charge on any atom is -0.409 e. The van der Waals surface area contributed by atoms with E-state index in [1.54, 1.807) is 18.9 Å². The Kier molecular flexibility index (Phi) is 5.86. The number of benzene rings is 1. The van der Waals surface area contributed by atoms with Crippen LogP contribution in [0.3, 0.4) is 0 Å². The summed E-state index contributed by atoms with van der Waals surface area (Å²) in [6.45, 7) is 2.74. The summed E-state index contributed by atoms with van der Waals surface area (Å²) >= 11 is 1.78. The van der Waals surface area contributed by atoms with E-state index in [4.69, 9.17) is 15.7 Å². The fraction of sp³-hybridized carbons (Fsp3) is 0.417. The topological polar surface area (TPSA) is 67.8 Å². The van der Waals surface area contributed by atoms with Crippen molar-refractivity contribution in [2.24, 2.45) is 10.9 Å². The lowest BCUT2D eigenvalue weighted by Gasteiger charge is -2.07.